The van der Waals surface area contributed by atoms with Gasteiger partial charge in [-0.3, -0.25) is 23.7 Å². The van der Waals surface area contributed by atoms with Crippen LogP contribution >= 0.6 is 46.3 Å². The molecule has 1 saturated heterocycles. The molecule has 1 fully saturated rings. The molecule has 3 atom stereocenters. The fourth-order valence-electron chi connectivity index (χ4n) is 5.31. The predicted molar refractivity (Wildman–Crippen MR) is 159 cm³/mol. The highest BCUT2D eigenvalue weighted by Crippen LogP contribution is 2.54. The van der Waals surface area contributed by atoms with E-state index in [9.17, 15) is 32.3 Å². The van der Waals surface area contributed by atoms with E-state index in [4.69, 9.17) is 23.2 Å². The lowest BCUT2D eigenvalue weighted by atomic mass is 9.83. The lowest BCUT2D eigenvalue weighted by Crippen LogP contribution is -2.33. The quantitative estimate of drug-likeness (QED) is 0.241. The lowest BCUT2D eigenvalue weighted by Gasteiger charge is -2.30. The molecular weight excluding hydrogens is 646 g/mol. The fraction of sp³-hybridized carbons (Fsp3) is 0.172. The number of carbonyl (C=O) groups is 3. The van der Waals surface area contributed by atoms with E-state index in [1.165, 1.54) is 16.7 Å². The summed E-state index contributed by atoms with van der Waals surface area (Å²) < 4.78 is 43.0. The van der Waals surface area contributed by atoms with Crippen LogP contribution in [-0.4, -0.2) is 27.5 Å². The zero-order chi connectivity index (χ0) is 30.6. The first-order valence-electron chi connectivity index (χ1n) is 12.7. The Labute approximate surface area is 260 Å². The largest absolute Gasteiger partial charge is 0.418 e. The third-order valence-electron chi connectivity index (χ3n) is 7.16. The highest BCUT2D eigenvalue weighted by Gasteiger charge is 2.57. The SMILES string of the molecule is O=C(Cn1c2c(sc1=O)[C@@H](c1ccc(Cl)cc1)[C@@H]1C(=O)N(c3ccccc3C(F)(F)F)C(=O)[C@@H]1S2)Nc1ccc(Cl)cc1. The maximum atomic E-state index is 13.9. The van der Waals surface area contributed by atoms with Crippen molar-refractivity contribution < 1.29 is 27.6 Å². The minimum absolute atomic E-state index is 0.301. The lowest BCUT2D eigenvalue weighted by molar-refractivity contribution is -0.137. The molecule has 3 amide bonds. The summed E-state index contributed by atoms with van der Waals surface area (Å²) in [7, 11) is 0. The number of fused-ring (bicyclic) bond motifs is 2. The Kier molecular flexibility index (Phi) is 7.66. The summed E-state index contributed by atoms with van der Waals surface area (Å²) in [5.41, 5.74) is -0.673. The molecule has 3 heterocycles. The number of thiazole rings is 1. The van der Waals surface area contributed by atoms with Gasteiger partial charge in [-0.05, 0) is 54.1 Å². The van der Waals surface area contributed by atoms with Gasteiger partial charge in [0.15, 0.2) is 0 Å². The number of rotatable bonds is 5. The number of alkyl halides is 3. The van der Waals surface area contributed by atoms with Crippen LogP contribution in [-0.2, 0) is 27.1 Å². The summed E-state index contributed by atoms with van der Waals surface area (Å²) in [6, 6.07) is 17.3. The first-order chi connectivity index (χ1) is 20.4. The average Bonchev–Trinajstić information content (AvgIpc) is 3.40. The topological polar surface area (TPSA) is 88.5 Å². The second kappa shape index (κ2) is 11.2. The smallest absolute Gasteiger partial charge is 0.325 e. The number of nitrogens with zero attached hydrogens (tertiary/aromatic N) is 2. The van der Waals surface area contributed by atoms with Gasteiger partial charge in [0.2, 0.25) is 17.7 Å². The van der Waals surface area contributed by atoms with Crippen LogP contribution in [0.4, 0.5) is 24.5 Å². The Balaban J connectivity index is 1.43. The number of thioether (sulfide) groups is 1. The third kappa shape index (κ3) is 5.37. The maximum absolute atomic E-state index is 13.9. The van der Waals surface area contributed by atoms with E-state index in [1.807, 2.05) is 0 Å². The standard InChI is InChI=1S/C29H18Cl2F3N3O4S2/c30-15-7-5-14(6-8-15)21-22-23(26(40)37(25(22)39)19-4-2-1-3-18(19)29(32,33)34)42-27-24(21)43-28(41)36(27)13-20(38)35-17-11-9-16(31)10-12-17/h1-12,21-23H,13H2,(H,35,38)/t21-,22-,23+/m0/s1. The van der Waals surface area contributed by atoms with Gasteiger partial charge >= 0.3 is 11.0 Å². The number of halogens is 5. The monoisotopic (exact) mass is 663 g/mol. The number of benzene rings is 3. The molecular formula is C29H18Cl2F3N3O4S2. The average molecular weight is 665 g/mol. The normalized spacial score (nSPS) is 19.7. The van der Waals surface area contributed by atoms with Crippen molar-refractivity contribution in [2.45, 2.75) is 28.9 Å². The molecule has 2 aliphatic rings. The summed E-state index contributed by atoms with van der Waals surface area (Å²) in [5.74, 6) is -4.13. The molecule has 220 valence electrons. The van der Waals surface area contributed by atoms with Gasteiger partial charge in [-0.15, -0.1) is 0 Å². The molecule has 14 heteroatoms. The van der Waals surface area contributed by atoms with Crippen molar-refractivity contribution in [2.75, 3.05) is 10.2 Å². The molecule has 0 aliphatic carbocycles. The molecule has 1 N–H and O–H groups in total. The number of anilines is 2. The van der Waals surface area contributed by atoms with E-state index in [1.54, 1.807) is 48.5 Å². The Morgan fingerprint density at radius 2 is 1.51 bits per heavy atom. The van der Waals surface area contributed by atoms with Gasteiger partial charge in [-0.25, -0.2) is 4.90 Å². The minimum Gasteiger partial charge on any atom is -0.325 e. The van der Waals surface area contributed by atoms with Crippen LogP contribution in [0.25, 0.3) is 0 Å². The first-order valence-corrected chi connectivity index (χ1v) is 15.1. The molecule has 0 spiro atoms. The maximum Gasteiger partial charge on any atom is 0.418 e. The van der Waals surface area contributed by atoms with Crippen molar-refractivity contribution in [2.24, 2.45) is 5.92 Å². The summed E-state index contributed by atoms with van der Waals surface area (Å²) >= 11 is 13.7. The van der Waals surface area contributed by atoms with Crippen molar-refractivity contribution in [3.63, 3.8) is 0 Å². The van der Waals surface area contributed by atoms with Crippen LogP contribution in [0, 0.1) is 5.92 Å². The zero-order valence-corrected chi connectivity index (χ0v) is 24.7. The van der Waals surface area contributed by atoms with Crippen LogP contribution in [0.15, 0.2) is 82.6 Å². The molecule has 7 nitrogen and oxygen atoms in total. The van der Waals surface area contributed by atoms with Crippen molar-refractivity contribution in [1.29, 1.82) is 0 Å². The molecule has 0 saturated carbocycles. The van der Waals surface area contributed by atoms with Gasteiger partial charge in [0.25, 0.3) is 0 Å². The first kappa shape index (κ1) is 29.5. The molecule has 0 radical (unpaired) electrons. The Bertz CT molecular complexity index is 1820. The molecule has 0 unspecified atom stereocenters. The van der Waals surface area contributed by atoms with Crippen molar-refractivity contribution in [1.82, 2.24) is 4.57 Å². The zero-order valence-electron chi connectivity index (χ0n) is 21.6. The molecule has 4 aromatic rings. The number of carbonyl (C=O) groups excluding carboxylic acids is 3. The Morgan fingerprint density at radius 1 is 0.884 bits per heavy atom. The summed E-state index contributed by atoms with van der Waals surface area (Å²) in [6.45, 7) is -0.395. The van der Waals surface area contributed by atoms with Crippen LogP contribution < -0.4 is 15.1 Å². The number of nitrogens with one attached hydrogen (secondary N) is 1. The molecule has 1 aromatic heterocycles. The molecule has 6 rings (SSSR count). The van der Waals surface area contributed by atoms with Gasteiger partial charge in [0, 0.05) is 26.5 Å². The van der Waals surface area contributed by atoms with E-state index in [-0.39, 0.29) is 0 Å². The third-order valence-corrected chi connectivity index (χ3v) is 10.3. The van der Waals surface area contributed by atoms with Crippen LogP contribution in [0.5, 0.6) is 0 Å². The predicted octanol–water partition coefficient (Wildman–Crippen LogP) is 6.67. The van der Waals surface area contributed by atoms with Crippen LogP contribution in [0.3, 0.4) is 0 Å². The van der Waals surface area contributed by atoms with Gasteiger partial charge in [-0.1, -0.05) is 70.6 Å². The van der Waals surface area contributed by atoms with Crippen LogP contribution in [0.1, 0.15) is 21.9 Å². The number of amides is 3. The molecule has 43 heavy (non-hydrogen) atoms. The number of hydrogen-bond acceptors (Lipinski definition) is 6. The minimum atomic E-state index is -4.82. The van der Waals surface area contributed by atoms with E-state index in [0.29, 0.717) is 36.1 Å². The van der Waals surface area contributed by atoms with Crippen molar-refractivity contribution >= 4 is 75.4 Å². The Morgan fingerprint density at radius 3 is 2.16 bits per heavy atom. The number of para-hydroxylation sites is 1. The Hall–Kier alpha value is -3.58. The van der Waals surface area contributed by atoms with E-state index < -0.39 is 63.7 Å². The van der Waals surface area contributed by atoms with Crippen LogP contribution in [0.2, 0.25) is 10.0 Å². The van der Waals surface area contributed by atoms with Gasteiger partial charge < -0.3 is 5.32 Å². The summed E-state index contributed by atoms with van der Waals surface area (Å²) in [6.07, 6.45) is -4.82. The highest BCUT2D eigenvalue weighted by atomic mass is 35.5. The van der Waals surface area contributed by atoms with E-state index in [0.717, 1.165) is 35.2 Å². The summed E-state index contributed by atoms with van der Waals surface area (Å²) in [5, 5.41) is 2.72. The highest BCUT2D eigenvalue weighted by molar-refractivity contribution is 8.00. The van der Waals surface area contributed by atoms with Gasteiger partial charge in [0.05, 0.1) is 22.2 Å². The second-order valence-electron chi connectivity index (χ2n) is 9.80. The molecule has 2 aliphatic heterocycles. The second-order valence-corrected chi connectivity index (χ2v) is 12.8. The number of imide groups is 1. The molecule has 3 aromatic carbocycles. The summed E-state index contributed by atoms with van der Waals surface area (Å²) in [4.78, 5) is 54.5. The van der Waals surface area contributed by atoms with Gasteiger partial charge in [0.1, 0.15) is 11.8 Å². The van der Waals surface area contributed by atoms with Crippen molar-refractivity contribution in [3.8, 4) is 0 Å². The number of hydrogen-bond donors (Lipinski definition) is 1. The number of aromatic nitrogens is 1. The van der Waals surface area contributed by atoms with Crippen molar-refractivity contribution in [3.05, 3.63) is 109 Å². The fourth-order valence-corrected chi connectivity index (χ4v) is 8.33. The van der Waals surface area contributed by atoms with E-state index in [2.05, 4.69) is 5.32 Å². The van der Waals surface area contributed by atoms with E-state index >= 15 is 0 Å². The molecule has 0 bridgehead atoms. The van der Waals surface area contributed by atoms with Gasteiger partial charge in [-0.2, -0.15) is 13.2 Å².